The van der Waals surface area contributed by atoms with Crippen LogP contribution >= 0.6 is 15.9 Å². The molecule has 3 rings (SSSR count). The molecule has 0 aromatic heterocycles. The molecule has 0 bridgehead atoms. The number of piperazine rings is 1. The fraction of sp³-hybridized carbons (Fsp3) is 0.600. The number of hydrogen-bond donors (Lipinski definition) is 1. The zero-order valence-corrected chi connectivity index (χ0v) is 12.8. The van der Waals surface area contributed by atoms with Crippen LogP contribution in [0.2, 0.25) is 0 Å². The fourth-order valence-corrected chi connectivity index (χ4v) is 3.56. The normalized spacial score (nSPS) is 28.6. The van der Waals surface area contributed by atoms with Crippen LogP contribution in [0.1, 0.15) is 25.3 Å². The first-order valence-corrected chi connectivity index (χ1v) is 7.79. The molecule has 104 valence electrons. The van der Waals surface area contributed by atoms with Crippen molar-refractivity contribution in [3.63, 3.8) is 0 Å². The monoisotopic (exact) mass is 326 g/mol. The summed E-state index contributed by atoms with van der Waals surface area (Å²) in [7, 11) is 0. The second-order valence-electron chi connectivity index (χ2n) is 5.94. The van der Waals surface area contributed by atoms with E-state index in [0.29, 0.717) is 4.47 Å². The molecule has 1 saturated heterocycles. The highest BCUT2D eigenvalue weighted by molar-refractivity contribution is 9.10. The third-order valence-corrected chi connectivity index (χ3v) is 5.50. The maximum absolute atomic E-state index is 13.6. The SMILES string of the molecule is CC1(C2CC2)CNCCN1Cc1cccc(F)c1Br. The summed E-state index contributed by atoms with van der Waals surface area (Å²) < 4.78 is 14.2. The molecule has 1 saturated carbocycles. The van der Waals surface area contributed by atoms with Gasteiger partial charge in [-0.3, -0.25) is 4.90 Å². The molecule has 19 heavy (non-hydrogen) atoms. The Balaban J connectivity index is 1.82. The van der Waals surface area contributed by atoms with E-state index in [1.54, 1.807) is 6.07 Å². The number of rotatable bonds is 3. The average Bonchev–Trinajstić information content (AvgIpc) is 3.22. The van der Waals surface area contributed by atoms with E-state index in [0.717, 1.165) is 37.7 Å². The average molecular weight is 327 g/mol. The lowest BCUT2D eigenvalue weighted by Crippen LogP contribution is -2.60. The predicted molar refractivity (Wildman–Crippen MR) is 78.5 cm³/mol. The van der Waals surface area contributed by atoms with Gasteiger partial charge in [0.15, 0.2) is 0 Å². The Morgan fingerprint density at radius 3 is 3.00 bits per heavy atom. The van der Waals surface area contributed by atoms with Crippen molar-refractivity contribution in [1.29, 1.82) is 0 Å². The van der Waals surface area contributed by atoms with Crippen molar-refractivity contribution in [2.45, 2.75) is 31.8 Å². The van der Waals surface area contributed by atoms with Gasteiger partial charge in [-0.15, -0.1) is 0 Å². The van der Waals surface area contributed by atoms with Crippen molar-refractivity contribution in [2.75, 3.05) is 19.6 Å². The Kier molecular flexibility index (Phi) is 3.67. The molecule has 2 aliphatic rings. The van der Waals surface area contributed by atoms with Crippen molar-refractivity contribution < 1.29 is 4.39 Å². The van der Waals surface area contributed by atoms with Gasteiger partial charge in [-0.05, 0) is 53.2 Å². The Bertz CT molecular complexity index is 475. The summed E-state index contributed by atoms with van der Waals surface area (Å²) in [6.45, 7) is 6.28. The summed E-state index contributed by atoms with van der Waals surface area (Å²) in [4.78, 5) is 2.53. The fourth-order valence-electron chi connectivity index (χ4n) is 3.17. The zero-order valence-electron chi connectivity index (χ0n) is 11.3. The standard InChI is InChI=1S/C15H20BrFN2/c1-15(12-5-6-12)10-18-7-8-19(15)9-11-3-2-4-13(17)14(11)16/h2-4,12,18H,5-10H2,1H3. The number of benzene rings is 1. The van der Waals surface area contributed by atoms with Gasteiger partial charge >= 0.3 is 0 Å². The van der Waals surface area contributed by atoms with Crippen LogP contribution < -0.4 is 5.32 Å². The van der Waals surface area contributed by atoms with Crippen LogP contribution in [0.3, 0.4) is 0 Å². The molecule has 1 unspecified atom stereocenters. The van der Waals surface area contributed by atoms with Gasteiger partial charge in [-0.25, -0.2) is 4.39 Å². The third kappa shape index (κ3) is 2.58. The summed E-state index contributed by atoms with van der Waals surface area (Å²) in [5.41, 5.74) is 1.28. The third-order valence-electron chi connectivity index (χ3n) is 4.61. The maximum atomic E-state index is 13.6. The number of nitrogens with zero attached hydrogens (tertiary/aromatic N) is 1. The highest BCUT2D eigenvalue weighted by Gasteiger charge is 2.46. The van der Waals surface area contributed by atoms with E-state index >= 15 is 0 Å². The van der Waals surface area contributed by atoms with Crippen LogP contribution in [0, 0.1) is 11.7 Å². The van der Waals surface area contributed by atoms with Gasteiger partial charge in [-0.1, -0.05) is 12.1 Å². The summed E-state index contributed by atoms with van der Waals surface area (Å²) in [6.07, 6.45) is 2.66. The van der Waals surface area contributed by atoms with E-state index in [-0.39, 0.29) is 11.4 Å². The molecular weight excluding hydrogens is 307 g/mol. The van der Waals surface area contributed by atoms with E-state index in [2.05, 4.69) is 33.1 Å². The first-order valence-electron chi connectivity index (χ1n) is 7.00. The number of nitrogens with one attached hydrogen (secondary N) is 1. The molecule has 1 aromatic carbocycles. The lowest BCUT2D eigenvalue weighted by Gasteiger charge is -2.46. The van der Waals surface area contributed by atoms with Crippen molar-refractivity contribution in [2.24, 2.45) is 5.92 Å². The quantitative estimate of drug-likeness (QED) is 0.917. The van der Waals surface area contributed by atoms with Crippen molar-refractivity contribution in [3.8, 4) is 0 Å². The molecule has 2 nitrogen and oxygen atoms in total. The molecular formula is C15H20BrFN2. The van der Waals surface area contributed by atoms with Gasteiger partial charge in [0.1, 0.15) is 5.82 Å². The Hall–Kier alpha value is -0.450. The largest absolute Gasteiger partial charge is 0.314 e. The molecule has 1 aliphatic heterocycles. The van der Waals surface area contributed by atoms with Crippen LogP contribution in [0.4, 0.5) is 4.39 Å². The first kappa shape index (κ1) is 13.5. The molecule has 1 atom stereocenters. The number of halogens is 2. The second kappa shape index (κ2) is 5.15. The minimum atomic E-state index is -0.166. The van der Waals surface area contributed by atoms with Gasteiger partial charge in [0.25, 0.3) is 0 Å². The Morgan fingerprint density at radius 1 is 1.47 bits per heavy atom. The topological polar surface area (TPSA) is 15.3 Å². The summed E-state index contributed by atoms with van der Waals surface area (Å²) in [6, 6.07) is 5.32. The lowest BCUT2D eigenvalue weighted by molar-refractivity contribution is 0.0482. The molecule has 1 heterocycles. The highest BCUT2D eigenvalue weighted by atomic mass is 79.9. The van der Waals surface area contributed by atoms with E-state index in [1.165, 1.54) is 18.9 Å². The molecule has 1 aromatic rings. The summed E-state index contributed by atoms with van der Waals surface area (Å²) in [5, 5.41) is 3.51. The molecule has 4 heteroatoms. The van der Waals surface area contributed by atoms with E-state index in [4.69, 9.17) is 0 Å². The van der Waals surface area contributed by atoms with Gasteiger partial charge < -0.3 is 5.32 Å². The van der Waals surface area contributed by atoms with Crippen molar-refractivity contribution in [3.05, 3.63) is 34.1 Å². The van der Waals surface area contributed by atoms with Gasteiger partial charge in [0, 0.05) is 31.7 Å². The molecule has 1 N–H and O–H groups in total. The van der Waals surface area contributed by atoms with Crippen LogP contribution in [-0.2, 0) is 6.54 Å². The molecule has 1 aliphatic carbocycles. The second-order valence-corrected chi connectivity index (χ2v) is 6.74. The number of hydrogen-bond acceptors (Lipinski definition) is 2. The van der Waals surface area contributed by atoms with Crippen LogP contribution in [0.15, 0.2) is 22.7 Å². The highest BCUT2D eigenvalue weighted by Crippen LogP contribution is 2.44. The van der Waals surface area contributed by atoms with Gasteiger partial charge in [0.2, 0.25) is 0 Å². The lowest BCUT2D eigenvalue weighted by atomic mass is 9.90. The molecule has 0 spiro atoms. The predicted octanol–water partition coefficient (Wildman–Crippen LogP) is 3.16. The minimum Gasteiger partial charge on any atom is -0.314 e. The first-order chi connectivity index (χ1) is 9.11. The molecule has 0 amide bonds. The van der Waals surface area contributed by atoms with Gasteiger partial charge in [0.05, 0.1) is 4.47 Å². The summed E-state index contributed by atoms with van der Waals surface area (Å²) >= 11 is 3.38. The van der Waals surface area contributed by atoms with E-state index in [9.17, 15) is 4.39 Å². The van der Waals surface area contributed by atoms with E-state index < -0.39 is 0 Å². The maximum Gasteiger partial charge on any atom is 0.137 e. The van der Waals surface area contributed by atoms with Crippen molar-refractivity contribution >= 4 is 15.9 Å². The molecule has 2 fully saturated rings. The van der Waals surface area contributed by atoms with Crippen molar-refractivity contribution in [1.82, 2.24) is 10.2 Å². The Labute approximate surface area is 122 Å². The van der Waals surface area contributed by atoms with Crippen LogP contribution in [-0.4, -0.2) is 30.1 Å². The summed E-state index contributed by atoms with van der Waals surface area (Å²) in [5.74, 6) is 0.633. The molecule has 0 radical (unpaired) electrons. The van der Waals surface area contributed by atoms with Gasteiger partial charge in [-0.2, -0.15) is 0 Å². The zero-order chi connectivity index (χ0) is 13.5. The van der Waals surface area contributed by atoms with Crippen LogP contribution in [0.5, 0.6) is 0 Å². The van der Waals surface area contributed by atoms with Crippen LogP contribution in [0.25, 0.3) is 0 Å². The van der Waals surface area contributed by atoms with E-state index in [1.807, 2.05) is 6.07 Å². The Morgan fingerprint density at radius 2 is 2.26 bits per heavy atom. The smallest absolute Gasteiger partial charge is 0.137 e. The minimum absolute atomic E-state index is 0.166.